The number of nitrogens with zero attached hydrogens (tertiary/aromatic N) is 3. The van der Waals surface area contributed by atoms with Gasteiger partial charge in [-0.2, -0.15) is 0 Å². The minimum Gasteiger partial charge on any atom is -0.480 e. The third-order valence-electron chi connectivity index (χ3n) is 5.40. The van der Waals surface area contributed by atoms with E-state index in [-0.39, 0.29) is 5.91 Å². The lowest BCUT2D eigenvalue weighted by molar-refractivity contribution is -0.138. The molecule has 1 aromatic heterocycles. The molecule has 156 valence electrons. The Morgan fingerprint density at radius 1 is 0.967 bits per heavy atom. The summed E-state index contributed by atoms with van der Waals surface area (Å²) in [6.07, 6.45) is 4.56. The SMILES string of the molecule is CCC(Oc1ccccc1-c1nnc(-c2ccccc2)o1)C(=O)N1CCCCCC1. The van der Waals surface area contributed by atoms with E-state index in [0.29, 0.717) is 29.5 Å². The molecule has 0 aliphatic carbocycles. The van der Waals surface area contributed by atoms with Gasteiger partial charge in [0, 0.05) is 18.7 Å². The van der Waals surface area contributed by atoms with Crippen LogP contribution in [-0.4, -0.2) is 40.2 Å². The highest BCUT2D eigenvalue weighted by Crippen LogP contribution is 2.32. The van der Waals surface area contributed by atoms with Gasteiger partial charge in [0.15, 0.2) is 6.10 Å². The number of carbonyl (C=O) groups excluding carboxylic acids is 1. The molecular weight excluding hydrogens is 378 g/mol. The van der Waals surface area contributed by atoms with E-state index in [9.17, 15) is 4.79 Å². The topological polar surface area (TPSA) is 68.5 Å². The fraction of sp³-hybridized carbons (Fsp3) is 0.375. The summed E-state index contributed by atoms with van der Waals surface area (Å²) in [5.41, 5.74) is 1.55. The van der Waals surface area contributed by atoms with Gasteiger partial charge in [0.2, 0.25) is 5.89 Å². The van der Waals surface area contributed by atoms with E-state index in [1.54, 1.807) is 0 Å². The number of hydrogen-bond acceptors (Lipinski definition) is 5. The number of aromatic nitrogens is 2. The normalized spacial score (nSPS) is 15.4. The molecule has 3 aromatic rings. The van der Waals surface area contributed by atoms with Crippen LogP contribution in [0.4, 0.5) is 0 Å². The van der Waals surface area contributed by atoms with Crippen LogP contribution >= 0.6 is 0 Å². The molecule has 6 nitrogen and oxygen atoms in total. The van der Waals surface area contributed by atoms with Gasteiger partial charge in [-0.3, -0.25) is 4.79 Å². The van der Waals surface area contributed by atoms with Crippen molar-refractivity contribution in [2.75, 3.05) is 13.1 Å². The van der Waals surface area contributed by atoms with Gasteiger partial charge in [0.05, 0.1) is 5.56 Å². The van der Waals surface area contributed by atoms with Crippen LogP contribution in [0.15, 0.2) is 59.0 Å². The predicted molar refractivity (Wildman–Crippen MR) is 115 cm³/mol. The van der Waals surface area contributed by atoms with Crippen molar-refractivity contribution in [3.63, 3.8) is 0 Å². The quantitative estimate of drug-likeness (QED) is 0.579. The fourth-order valence-corrected chi connectivity index (χ4v) is 3.73. The Morgan fingerprint density at radius 3 is 2.37 bits per heavy atom. The lowest BCUT2D eigenvalue weighted by Crippen LogP contribution is -2.42. The number of likely N-dealkylation sites (tertiary alicyclic amines) is 1. The molecule has 1 amide bonds. The standard InChI is InChI=1S/C24H27N3O3/c1-2-20(24(28)27-16-10-3-4-11-17-27)29-21-15-9-8-14-19(21)23-26-25-22(30-23)18-12-6-5-7-13-18/h5-9,12-15,20H,2-4,10-11,16-17H2,1H3. The Kier molecular flexibility index (Phi) is 6.42. The van der Waals surface area contributed by atoms with Gasteiger partial charge in [0.25, 0.3) is 11.8 Å². The van der Waals surface area contributed by atoms with Crippen molar-refractivity contribution in [1.82, 2.24) is 15.1 Å². The van der Waals surface area contributed by atoms with Crippen molar-refractivity contribution < 1.29 is 13.9 Å². The second kappa shape index (κ2) is 9.57. The molecule has 0 radical (unpaired) electrons. The Morgan fingerprint density at radius 2 is 1.63 bits per heavy atom. The van der Waals surface area contributed by atoms with Gasteiger partial charge in [0.1, 0.15) is 5.75 Å². The van der Waals surface area contributed by atoms with E-state index in [1.807, 2.05) is 66.4 Å². The van der Waals surface area contributed by atoms with Crippen LogP contribution in [0.25, 0.3) is 22.9 Å². The largest absolute Gasteiger partial charge is 0.480 e. The number of benzene rings is 2. The van der Waals surface area contributed by atoms with Crippen LogP contribution in [0.3, 0.4) is 0 Å². The maximum atomic E-state index is 13.1. The minimum atomic E-state index is -0.527. The summed E-state index contributed by atoms with van der Waals surface area (Å²) in [6, 6.07) is 17.1. The van der Waals surface area contributed by atoms with Crippen molar-refractivity contribution in [1.29, 1.82) is 0 Å². The van der Waals surface area contributed by atoms with Crippen LogP contribution in [-0.2, 0) is 4.79 Å². The summed E-state index contributed by atoms with van der Waals surface area (Å²) in [4.78, 5) is 15.0. The Hall–Kier alpha value is -3.15. The number of rotatable bonds is 6. The Balaban J connectivity index is 1.55. The molecule has 1 fully saturated rings. The zero-order chi connectivity index (χ0) is 20.8. The molecule has 1 atom stereocenters. The minimum absolute atomic E-state index is 0.0599. The van der Waals surface area contributed by atoms with Crippen LogP contribution in [0.2, 0.25) is 0 Å². The van der Waals surface area contributed by atoms with Crippen LogP contribution in [0.1, 0.15) is 39.0 Å². The van der Waals surface area contributed by atoms with E-state index in [0.717, 1.165) is 31.5 Å². The molecule has 2 heterocycles. The first kappa shape index (κ1) is 20.1. The lowest BCUT2D eigenvalue weighted by Gasteiger charge is -2.26. The smallest absolute Gasteiger partial charge is 0.263 e. The molecule has 0 spiro atoms. The number of hydrogen-bond donors (Lipinski definition) is 0. The lowest BCUT2D eigenvalue weighted by atomic mass is 10.1. The second-order valence-corrected chi connectivity index (χ2v) is 7.53. The molecule has 0 bridgehead atoms. The van der Waals surface area contributed by atoms with Crippen molar-refractivity contribution in [3.05, 3.63) is 54.6 Å². The molecule has 1 aliphatic heterocycles. The molecule has 6 heteroatoms. The fourth-order valence-electron chi connectivity index (χ4n) is 3.73. The second-order valence-electron chi connectivity index (χ2n) is 7.53. The molecule has 0 N–H and O–H groups in total. The zero-order valence-electron chi connectivity index (χ0n) is 17.3. The molecule has 4 rings (SSSR count). The third kappa shape index (κ3) is 4.53. The maximum absolute atomic E-state index is 13.1. The number of amides is 1. The average Bonchev–Trinajstić information content (AvgIpc) is 3.13. The van der Waals surface area contributed by atoms with E-state index in [1.165, 1.54) is 12.8 Å². The van der Waals surface area contributed by atoms with Crippen LogP contribution in [0.5, 0.6) is 5.75 Å². The summed E-state index contributed by atoms with van der Waals surface area (Å²) in [7, 11) is 0. The highest BCUT2D eigenvalue weighted by molar-refractivity contribution is 5.81. The maximum Gasteiger partial charge on any atom is 0.263 e. The molecule has 0 saturated carbocycles. The molecule has 1 aliphatic rings. The van der Waals surface area contributed by atoms with E-state index >= 15 is 0 Å². The number of carbonyl (C=O) groups is 1. The van der Waals surface area contributed by atoms with E-state index in [4.69, 9.17) is 9.15 Å². The summed E-state index contributed by atoms with van der Waals surface area (Å²) >= 11 is 0. The molecule has 30 heavy (non-hydrogen) atoms. The summed E-state index contributed by atoms with van der Waals surface area (Å²) < 4.78 is 12.1. The third-order valence-corrected chi connectivity index (χ3v) is 5.40. The molecular formula is C24H27N3O3. The van der Waals surface area contributed by atoms with Gasteiger partial charge in [-0.1, -0.05) is 50.1 Å². The molecule has 2 aromatic carbocycles. The highest BCUT2D eigenvalue weighted by atomic mass is 16.5. The Bertz CT molecular complexity index is 963. The molecule has 1 unspecified atom stereocenters. The highest BCUT2D eigenvalue weighted by Gasteiger charge is 2.26. The monoisotopic (exact) mass is 405 g/mol. The summed E-state index contributed by atoms with van der Waals surface area (Å²) in [6.45, 7) is 3.60. The van der Waals surface area contributed by atoms with Gasteiger partial charge in [-0.15, -0.1) is 10.2 Å². The van der Waals surface area contributed by atoms with Crippen molar-refractivity contribution >= 4 is 5.91 Å². The molecule has 1 saturated heterocycles. The summed E-state index contributed by atoms with van der Waals surface area (Å²) in [5, 5.41) is 8.39. The predicted octanol–water partition coefficient (Wildman–Crippen LogP) is 4.96. The Labute approximate surface area is 176 Å². The van der Waals surface area contributed by atoms with E-state index in [2.05, 4.69) is 10.2 Å². The van der Waals surface area contributed by atoms with Crippen LogP contribution in [0, 0.1) is 0 Å². The number of ether oxygens (including phenoxy) is 1. The first-order valence-electron chi connectivity index (χ1n) is 10.7. The summed E-state index contributed by atoms with van der Waals surface area (Å²) in [5.74, 6) is 1.47. The van der Waals surface area contributed by atoms with Gasteiger partial charge in [-0.25, -0.2) is 0 Å². The first-order valence-corrected chi connectivity index (χ1v) is 10.7. The number of para-hydroxylation sites is 1. The first-order chi connectivity index (χ1) is 14.8. The van der Waals surface area contributed by atoms with Gasteiger partial charge >= 0.3 is 0 Å². The van der Waals surface area contributed by atoms with E-state index < -0.39 is 6.10 Å². The van der Waals surface area contributed by atoms with Crippen LogP contribution < -0.4 is 4.74 Å². The van der Waals surface area contributed by atoms with Crippen molar-refractivity contribution in [3.8, 4) is 28.7 Å². The van der Waals surface area contributed by atoms with Crippen molar-refractivity contribution in [2.45, 2.75) is 45.1 Å². The van der Waals surface area contributed by atoms with Crippen molar-refractivity contribution in [2.24, 2.45) is 0 Å². The zero-order valence-corrected chi connectivity index (χ0v) is 17.3. The van der Waals surface area contributed by atoms with Gasteiger partial charge < -0.3 is 14.1 Å². The average molecular weight is 405 g/mol. The van der Waals surface area contributed by atoms with Gasteiger partial charge in [-0.05, 0) is 43.5 Å².